The van der Waals surface area contributed by atoms with Gasteiger partial charge in [0.2, 0.25) is 0 Å². The summed E-state index contributed by atoms with van der Waals surface area (Å²) < 4.78 is 0. The van der Waals surface area contributed by atoms with Crippen LogP contribution in [-0.4, -0.2) is 17.9 Å². The van der Waals surface area contributed by atoms with Gasteiger partial charge in [0.05, 0.1) is 5.54 Å². The molecule has 1 amide bonds. The fraction of sp³-hybridized carbons (Fsp3) is 0.533. The minimum absolute atomic E-state index is 0.0390. The number of benzene rings is 1. The number of fused-ring (bicyclic) bond motifs is 2. The maximum absolute atomic E-state index is 12.2. The van der Waals surface area contributed by atoms with Crippen LogP contribution in [0.25, 0.3) is 0 Å². The van der Waals surface area contributed by atoms with Gasteiger partial charge in [-0.25, -0.2) is 0 Å². The second kappa shape index (κ2) is 3.34. The zero-order valence-electron chi connectivity index (χ0n) is 10.8. The summed E-state index contributed by atoms with van der Waals surface area (Å²) in [6, 6.07) is 6.39. The van der Waals surface area contributed by atoms with E-state index in [1.165, 1.54) is 17.5 Å². The Morgan fingerprint density at radius 1 is 1.29 bits per heavy atom. The van der Waals surface area contributed by atoms with Crippen molar-refractivity contribution in [3.8, 4) is 0 Å². The van der Waals surface area contributed by atoms with E-state index in [0.29, 0.717) is 5.92 Å². The van der Waals surface area contributed by atoms with Gasteiger partial charge >= 0.3 is 0 Å². The molecule has 0 bridgehead atoms. The molecule has 3 rings (SSSR count). The van der Waals surface area contributed by atoms with Crippen LogP contribution in [0.3, 0.4) is 0 Å². The standard InChI is InChI=1S/C15H19NO/c1-10(2)11-5-6-12-13(9-11)15(7-4-8-15)16(3)14(12)17/h5-6,9-10H,4,7-8H2,1-3H3. The fourth-order valence-electron chi connectivity index (χ4n) is 3.16. The summed E-state index contributed by atoms with van der Waals surface area (Å²) in [4.78, 5) is 14.2. The minimum atomic E-state index is 0.0390. The third-order valence-electron chi connectivity index (χ3n) is 4.57. The highest BCUT2D eigenvalue weighted by Crippen LogP contribution is 2.51. The van der Waals surface area contributed by atoms with Gasteiger partial charge in [0, 0.05) is 12.6 Å². The maximum Gasteiger partial charge on any atom is 0.254 e. The molecule has 2 nitrogen and oxygen atoms in total. The van der Waals surface area contributed by atoms with Gasteiger partial charge in [-0.05, 0) is 42.4 Å². The second-order valence-electron chi connectivity index (χ2n) is 5.71. The zero-order chi connectivity index (χ0) is 12.2. The lowest BCUT2D eigenvalue weighted by atomic mass is 9.71. The van der Waals surface area contributed by atoms with Gasteiger partial charge in [0.1, 0.15) is 0 Å². The van der Waals surface area contributed by atoms with Crippen molar-refractivity contribution in [3.63, 3.8) is 0 Å². The normalized spacial score (nSPS) is 20.9. The molecule has 0 N–H and O–H groups in total. The molecule has 1 heterocycles. The number of carbonyl (C=O) groups is 1. The van der Waals surface area contributed by atoms with Crippen LogP contribution >= 0.6 is 0 Å². The van der Waals surface area contributed by atoms with E-state index in [-0.39, 0.29) is 11.4 Å². The van der Waals surface area contributed by atoms with Gasteiger partial charge in [-0.3, -0.25) is 4.79 Å². The molecule has 1 aliphatic carbocycles. The third-order valence-corrected chi connectivity index (χ3v) is 4.57. The lowest BCUT2D eigenvalue weighted by Gasteiger charge is -2.44. The van der Waals surface area contributed by atoms with E-state index in [0.717, 1.165) is 18.4 Å². The fourth-order valence-corrected chi connectivity index (χ4v) is 3.16. The summed E-state index contributed by atoms with van der Waals surface area (Å²) >= 11 is 0. The van der Waals surface area contributed by atoms with Gasteiger partial charge in [0.15, 0.2) is 0 Å². The van der Waals surface area contributed by atoms with Crippen molar-refractivity contribution >= 4 is 5.91 Å². The van der Waals surface area contributed by atoms with Crippen molar-refractivity contribution < 1.29 is 4.79 Å². The summed E-state index contributed by atoms with van der Waals surface area (Å²) in [5, 5.41) is 0. The summed E-state index contributed by atoms with van der Waals surface area (Å²) in [6.07, 6.45) is 3.50. The van der Waals surface area contributed by atoms with Crippen molar-refractivity contribution in [2.24, 2.45) is 0 Å². The lowest BCUT2D eigenvalue weighted by Crippen LogP contribution is -2.46. The van der Waals surface area contributed by atoms with Gasteiger partial charge in [-0.1, -0.05) is 26.0 Å². The summed E-state index contributed by atoms with van der Waals surface area (Å²) in [6.45, 7) is 4.41. The SMILES string of the molecule is CC(C)c1ccc2c(c1)C1(CCC1)N(C)C2=O. The number of rotatable bonds is 1. The molecule has 0 aromatic heterocycles. The molecule has 0 radical (unpaired) electrons. The van der Waals surface area contributed by atoms with Crippen LogP contribution in [0, 0.1) is 0 Å². The highest BCUT2D eigenvalue weighted by atomic mass is 16.2. The molecular formula is C15H19NO. The molecule has 1 fully saturated rings. The van der Waals surface area contributed by atoms with Crippen molar-refractivity contribution in [2.45, 2.75) is 44.6 Å². The molecule has 1 aliphatic heterocycles. The summed E-state index contributed by atoms with van der Waals surface area (Å²) in [5.41, 5.74) is 3.59. The number of hydrogen-bond acceptors (Lipinski definition) is 1. The first-order chi connectivity index (χ1) is 8.06. The quantitative estimate of drug-likeness (QED) is 0.723. The molecule has 1 aromatic rings. The lowest BCUT2D eigenvalue weighted by molar-refractivity contribution is 0.0378. The van der Waals surface area contributed by atoms with E-state index in [1.807, 2.05) is 18.0 Å². The third kappa shape index (κ3) is 1.24. The largest absolute Gasteiger partial charge is 0.332 e. The van der Waals surface area contributed by atoms with Gasteiger partial charge < -0.3 is 4.90 Å². The highest BCUT2D eigenvalue weighted by molar-refractivity contribution is 6.00. The van der Waals surface area contributed by atoms with Crippen LogP contribution in [0.15, 0.2) is 18.2 Å². The summed E-state index contributed by atoms with van der Waals surface area (Å²) in [7, 11) is 1.95. The van der Waals surface area contributed by atoms with Gasteiger partial charge in [-0.2, -0.15) is 0 Å². The average Bonchev–Trinajstić information content (AvgIpc) is 2.47. The summed E-state index contributed by atoms with van der Waals surface area (Å²) in [5.74, 6) is 0.730. The zero-order valence-corrected chi connectivity index (χ0v) is 10.8. The number of nitrogens with zero attached hydrogens (tertiary/aromatic N) is 1. The monoisotopic (exact) mass is 229 g/mol. The van der Waals surface area contributed by atoms with Crippen molar-refractivity contribution in [1.82, 2.24) is 4.90 Å². The first-order valence-electron chi connectivity index (χ1n) is 6.49. The first kappa shape index (κ1) is 10.8. The number of hydrogen-bond donors (Lipinski definition) is 0. The molecule has 17 heavy (non-hydrogen) atoms. The molecule has 0 unspecified atom stereocenters. The Kier molecular flexibility index (Phi) is 2.13. The highest BCUT2D eigenvalue weighted by Gasteiger charge is 2.51. The Bertz CT molecular complexity index is 486. The number of carbonyl (C=O) groups excluding carboxylic acids is 1. The molecular weight excluding hydrogens is 210 g/mol. The predicted molar refractivity (Wildman–Crippen MR) is 68.2 cm³/mol. The minimum Gasteiger partial charge on any atom is -0.332 e. The second-order valence-corrected chi connectivity index (χ2v) is 5.71. The van der Waals surface area contributed by atoms with Crippen molar-refractivity contribution in [3.05, 3.63) is 34.9 Å². The van der Waals surface area contributed by atoms with Crippen molar-refractivity contribution in [1.29, 1.82) is 0 Å². The molecule has 2 heteroatoms. The average molecular weight is 229 g/mol. The molecule has 0 atom stereocenters. The van der Waals surface area contributed by atoms with E-state index in [2.05, 4.69) is 26.0 Å². The Labute approximate surface area is 103 Å². The Balaban J connectivity index is 2.16. The molecule has 90 valence electrons. The van der Waals surface area contributed by atoms with Crippen LogP contribution < -0.4 is 0 Å². The van der Waals surface area contributed by atoms with Crippen LogP contribution in [0.1, 0.15) is 60.5 Å². The van der Waals surface area contributed by atoms with Gasteiger partial charge in [0.25, 0.3) is 5.91 Å². The molecule has 1 saturated carbocycles. The molecule has 2 aliphatic rings. The maximum atomic E-state index is 12.2. The van der Waals surface area contributed by atoms with Crippen LogP contribution in [0.5, 0.6) is 0 Å². The molecule has 0 saturated heterocycles. The predicted octanol–water partition coefficient (Wildman–Crippen LogP) is 3.27. The Hall–Kier alpha value is -1.31. The van der Waals surface area contributed by atoms with Crippen molar-refractivity contribution in [2.75, 3.05) is 7.05 Å². The van der Waals surface area contributed by atoms with E-state index >= 15 is 0 Å². The Morgan fingerprint density at radius 2 is 2.00 bits per heavy atom. The van der Waals surface area contributed by atoms with E-state index in [9.17, 15) is 4.79 Å². The van der Waals surface area contributed by atoms with E-state index < -0.39 is 0 Å². The topological polar surface area (TPSA) is 20.3 Å². The molecule has 1 aromatic carbocycles. The van der Waals surface area contributed by atoms with Gasteiger partial charge in [-0.15, -0.1) is 0 Å². The number of amides is 1. The van der Waals surface area contributed by atoms with Crippen LogP contribution in [0.4, 0.5) is 0 Å². The van der Waals surface area contributed by atoms with E-state index in [4.69, 9.17) is 0 Å². The van der Waals surface area contributed by atoms with Crippen LogP contribution in [0.2, 0.25) is 0 Å². The van der Waals surface area contributed by atoms with E-state index in [1.54, 1.807) is 0 Å². The first-order valence-corrected chi connectivity index (χ1v) is 6.49. The molecule has 1 spiro atoms. The smallest absolute Gasteiger partial charge is 0.254 e. The van der Waals surface area contributed by atoms with Crippen LogP contribution in [-0.2, 0) is 5.54 Å². The Morgan fingerprint density at radius 3 is 2.53 bits per heavy atom.